The Balaban J connectivity index is 2.12. The van der Waals surface area contributed by atoms with Gasteiger partial charge in [-0.3, -0.25) is 0 Å². The standard InChI is InChI=1S/C14H22N2O3S/c1-19-12-7-13-3-5-14(6-4-13)20(17,18)16-10-2-8-15-9-11-16/h3-6,15H,2,7-12H2,1H3. The minimum atomic E-state index is -3.36. The number of benzene rings is 1. The highest BCUT2D eigenvalue weighted by Gasteiger charge is 2.24. The molecule has 1 aromatic carbocycles. The van der Waals surface area contributed by atoms with Crippen LogP contribution < -0.4 is 5.32 Å². The summed E-state index contributed by atoms with van der Waals surface area (Å²) in [5.41, 5.74) is 1.09. The first-order chi connectivity index (χ1) is 9.64. The molecule has 112 valence electrons. The average Bonchev–Trinajstić information content (AvgIpc) is 2.75. The summed E-state index contributed by atoms with van der Waals surface area (Å²) < 4.78 is 31.7. The monoisotopic (exact) mass is 298 g/mol. The Kier molecular flexibility index (Phi) is 5.54. The molecular weight excluding hydrogens is 276 g/mol. The molecule has 0 spiro atoms. The smallest absolute Gasteiger partial charge is 0.243 e. The van der Waals surface area contributed by atoms with Crippen molar-refractivity contribution in [2.24, 2.45) is 0 Å². The zero-order valence-corrected chi connectivity index (χ0v) is 12.7. The van der Waals surface area contributed by atoms with Gasteiger partial charge in [0.1, 0.15) is 0 Å². The van der Waals surface area contributed by atoms with Crippen LogP contribution in [0, 0.1) is 0 Å². The molecule has 0 radical (unpaired) electrons. The molecule has 0 bridgehead atoms. The summed E-state index contributed by atoms with van der Waals surface area (Å²) >= 11 is 0. The lowest BCUT2D eigenvalue weighted by Crippen LogP contribution is -2.34. The van der Waals surface area contributed by atoms with Gasteiger partial charge in [0.2, 0.25) is 10.0 Å². The molecule has 1 aliphatic rings. The topological polar surface area (TPSA) is 58.6 Å². The van der Waals surface area contributed by atoms with E-state index in [1.54, 1.807) is 23.5 Å². The Morgan fingerprint density at radius 2 is 1.95 bits per heavy atom. The summed E-state index contributed by atoms with van der Waals surface area (Å²) in [7, 11) is -1.70. The fourth-order valence-electron chi connectivity index (χ4n) is 2.26. The van der Waals surface area contributed by atoms with Crippen LogP contribution >= 0.6 is 0 Å². The predicted octanol–water partition coefficient (Wildman–Crippen LogP) is 0.860. The summed E-state index contributed by atoms with van der Waals surface area (Å²) in [5, 5.41) is 3.21. The maximum absolute atomic E-state index is 12.5. The van der Waals surface area contributed by atoms with Crippen LogP contribution in [0.5, 0.6) is 0 Å². The molecular formula is C14H22N2O3S. The third-order valence-electron chi connectivity index (χ3n) is 3.46. The summed E-state index contributed by atoms with van der Waals surface area (Å²) in [6.07, 6.45) is 1.65. The summed E-state index contributed by atoms with van der Waals surface area (Å²) in [6.45, 7) is 3.35. The van der Waals surface area contributed by atoms with E-state index >= 15 is 0 Å². The molecule has 0 atom stereocenters. The second-order valence-electron chi connectivity index (χ2n) is 4.89. The molecule has 0 saturated carbocycles. The van der Waals surface area contributed by atoms with E-state index in [-0.39, 0.29) is 0 Å². The highest BCUT2D eigenvalue weighted by molar-refractivity contribution is 7.89. The first kappa shape index (κ1) is 15.4. The van der Waals surface area contributed by atoms with Gasteiger partial charge in [-0.05, 0) is 37.1 Å². The van der Waals surface area contributed by atoms with Gasteiger partial charge in [0.15, 0.2) is 0 Å². The maximum Gasteiger partial charge on any atom is 0.243 e. The number of sulfonamides is 1. The minimum absolute atomic E-state index is 0.376. The molecule has 0 amide bonds. The summed E-state index contributed by atoms with van der Waals surface area (Å²) in [5.74, 6) is 0. The van der Waals surface area contributed by atoms with Crippen molar-refractivity contribution < 1.29 is 13.2 Å². The van der Waals surface area contributed by atoms with E-state index in [2.05, 4.69) is 5.32 Å². The van der Waals surface area contributed by atoms with E-state index in [0.29, 0.717) is 31.1 Å². The lowest BCUT2D eigenvalue weighted by atomic mass is 10.2. The van der Waals surface area contributed by atoms with Crippen LogP contribution in [0.2, 0.25) is 0 Å². The number of rotatable bonds is 5. The Hall–Kier alpha value is -0.950. The molecule has 2 rings (SSSR count). The largest absolute Gasteiger partial charge is 0.384 e. The van der Waals surface area contributed by atoms with Crippen molar-refractivity contribution >= 4 is 10.0 Å². The molecule has 5 nitrogen and oxygen atoms in total. The van der Waals surface area contributed by atoms with Crippen molar-refractivity contribution in [1.29, 1.82) is 0 Å². The molecule has 6 heteroatoms. The fraction of sp³-hybridized carbons (Fsp3) is 0.571. The van der Waals surface area contributed by atoms with Crippen molar-refractivity contribution in [2.75, 3.05) is 39.9 Å². The molecule has 0 aromatic heterocycles. The number of nitrogens with zero attached hydrogens (tertiary/aromatic N) is 1. The number of methoxy groups -OCH3 is 1. The van der Waals surface area contributed by atoms with E-state index in [9.17, 15) is 8.42 Å². The van der Waals surface area contributed by atoms with Crippen LogP contribution in [-0.2, 0) is 21.2 Å². The number of nitrogens with one attached hydrogen (secondary N) is 1. The van der Waals surface area contributed by atoms with Gasteiger partial charge in [-0.1, -0.05) is 12.1 Å². The SMILES string of the molecule is COCCc1ccc(S(=O)(=O)N2CCCNCC2)cc1. The number of ether oxygens (including phenoxy) is 1. The van der Waals surface area contributed by atoms with Crippen LogP contribution in [0.3, 0.4) is 0 Å². The Bertz CT molecular complexity index is 506. The van der Waals surface area contributed by atoms with Crippen LogP contribution in [-0.4, -0.2) is 52.6 Å². The first-order valence-corrected chi connectivity index (χ1v) is 8.37. The fourth-order valence-corrected chi connectivity index (χ4v) is 3.74. The van der Waals surface area contributed by atoms with Crippen molar-refractivity contribution in [3.63, 3.8) is 0 Å². The second-order valence-corrected chi connectivity index (χ2v) is 6.83. The lowest BCUT2D eigenvalue weighted by Gasteiger charge is -2.19. The molecule has 1 fully saturated rings. The van der Waals surface area contributed by atoms with E-state index in [0.717, 1.165) is 24.9 Å². The molecule has 20 heavy (non-hydrogen) atoms. The molecule has 0 aliphatic carbocycles. The van der Waals surface area contributed by atoms with Gasteiger partial charge >= 0.3 is 0 Å². The number of hydrogen-bond donors (Lipinski definition) is 1. The van der Waals surface area contributed by atoms with Crippen LogP contribution in [0.4, 0.5) is 0 Å². The molecule has 1 aromatic rings. The minimum Gasteiger partial charge on any atom is -0.384 e. The zero-order chi connectivity index (χ0) is 14.4. The quantitative estimate of drug-likeness (QED) is 0.876. The molecule has 0 unspecified atom stereocenters. The van der Waals surface area contributed by atoms with Gasteiger partial charge in [-0.15, -0.1) is 0 Å². The van der Waals surface area contributed by atoms with Crippen molar-refractivity contribution in [1.82, 2.24) is 9.62 Å². The molecule has 1 heterocycles. The van der Waals surface area contributed by atoms with Crippen LogP contribution in [0.25, 0.3) is 0 Å². The first-order valence-electron chi connectivity index (χ1n) is 6.93. The van der Waals surface area contributed by atoms with Crippen LogP contribution in [0.1, 0.15) is 12.0 Å². The molecule has 1 aliphatic heterocycles. The summed E-state index contributed by atoms with van der Waals surface area (Å²) in [4.78, 5) is 0.376. The highest BCUT2D eigenvalue weighted by Crippen LogP contribution is 2.17. The Morgan fingerprint density at radius 3 is 2.65 bits per heavy atom. The van der Waals surface area contributed by atoms with E-state index in [1.165, 1.54) is 0 Å². The van der Waals surface area contributed by atoms with E-state index in [1.807, 2.05) is 12.1 Å². The maximum atomic E-state index is 12.5. The Labute approximate surface area is 121 Å². The van der Waals surface area contributed by atoms with Gasteiger partial charge < -0.3 is 10.1 Å². The van der Waals surface area contributed by atoms with Gasteiger partial charge in [0, 0.05) is 26.7 Å². The van der Waals surface area contributed by atoms with Crippen molar-refractivity contribution in [3.05, 3.63) is 29.8 Å². The van der Waals surface area contributed by atoms with Gasteiger partial charge in [0.05, 0.1) is 11.5 Å². The lowest BCUT2D eigenvalue weighted by molar-refractivity contribution is 0.202. The average molecular weight is 298 g/mol. The molecule has 1 N–H and O–H groups in total. The third kappa shape index (κ3) is 3.79. The summed E-state index contributed by atoms with van der Waals surface area (Å²) in [6, 6.07) is 7.11. The number of hydrogen-bond acceptors (Lipinski definition) is 4. The predicted molar refractivity (Wildman–Crippen MR) is 78.3 cm³/mol. The second kappa shape index (κ2) is 7.17. The van der Waals surface area contributed by atoms with E-state index < -0.39 is 10.0 Å². The van der Waals surface area contributed by atoms with Crippen molar-refractivity contribution in [2.45, 2.75) is 17.7 Å². The van der Waals surface area contributed by atoms with Crippen molar-refractivity contribution in [3.8, 4) is 0 Å². The highest BCUT2D eigenvalue weighted by atomic mass is 32.2. The van der Waals surface area contributed by atoms with Crippen LogP contribution in [0.15, 0.2) is 29.2 Å². The van der Waals surface area contributed by atoms with E-state index in [4.69, 9.17) is 4.74 Å². The normalized spacial score (nSPS) is 17.9. The zero-order valence-electron chi connectivity index (χ0n) is 11.8. The van der Waals surface area contributed by atoms with Gasteiger partial charge in [-0.2, -0.15) is 4.31 Å². The Morgan fingerprint density at radius 1 is 1.20 bits per heavy atom. The van der Waals surface area contributed by atoms with Gasteiger partial charge in [-0.25, -0.2) is 8.42 Å². The molecule has 1 saturated heterocycles. The third-order valence-corrected chi connectivity index (χ3v) is 5.37. The van der Waals surface area contributed by atoms with Gasteiger partial charge in [0.25, 0.3) is 0 Å².